The molecule has 0 radical (unpaired) electrons. The maximum Gasteiger partial charge on any atom is 0.0912 e. The van der Waals surface area contributed by atoms with Crippen LogP contribution in [0.15, 0.2) is 12.3 Å². The molecule has 0 aromatic rings. The van der Waals surface area contributed by atoms with Gasteiger partial charge in [-0.2, -0.15) is 0 Å². The van der Waals surface area contributed by atoms with E-state index in [9.17, 15) is 0 Å². The molecule has 1 saturated carbocycles. The summed E-state index contributed by atoms with van der Waals surface area (Å²) in [6, 6.07) is 0. The summed E-state index contributed by atoms with van der Waals surface area (Å²) in [5, 5.41) is 9.13. The number of hydrogen-bond acceptors (Lipinski definition) is 1. The van der Waals surface area contributed by atoms with Crippen LogP contribution in [0.2, 0.25) is 0 Å². The third-order valence-electron chi connectivity index (χ3n) is 2.60. The van der Waals surface area contributed by atoms with E-state index in [4.69, 9.17) is 5.11 Å². The van der Waals surface area contributed by atoms with Crippen molar-refractivity contribution in [1.29, 1.82) is 0 Å². The van der Waals surface area contributed by atoms with Crippen LogP contribution in [0.1, 0.15) is 32.6 Å². The van der Waals surface area contributed by atoms with Gasteiger partial charge in [-0.25, -0.2) is 0 Å². The predicted octanol–water partition coefficient (Wildman–Crippen LogP) is 2.64. The summed E-state index contributed by atoms with van der Waals surface area (Å²) in [7, 11) is 0. The Bertz CT molecular complexity index is 117. The average molecular weight is 126 g/mol. The Morgan fingerprint density at radius 1 is 1.67 bits per heavy atom. The molecule has 1 rings (SSSR count). The molecule has 0 heterocycles. The highest BCUT2D eigenvalue weighted by atomic mass is 16.3. The first-order valence-electron chi connectivity index (χ1n) is 3.59. The van der Waals surface area contributed by atoms with Crippen LogP contribution in [-0.4, -0.2) is 5.11 Å². The minimum Gasteiger partial charge on any atom is -0.512 e. The molecule has 9 heavy (non-hydrogen) atoms. The minimum atomic E-state index is 0.125. The minimum absolute atomic E-state index is 0.125. The smallest absolute Gasteiger partial charge is 0.0912 e. The molecule has 1 nitrogen and oxygen atoms in total. The zero-order valence-corrected chi connectivity index (χ0v) is 5.98. The Hall–Kier alpha value is -0.460. The lowest BCUT2D eigenvalue weighted by Crippen LogP contribution is -2.30. The molecular formula is C8H14O. The van der Waals surface area contributed by atoms with Gasteiger partial charge < -0.3 is 5.11 Å². The molecule has 1 fully saturated rings. The summed E-state index contributed by atoms with van der Waals surface area (Å²) < 4.78 is 0. The summed E-state index contributed by atoms with van der Waals surface area (Å²) in [5.41, 5.74) is 0.125. The van der Waals surface area contributed by atoms with Gasteiger partial charge in [-0.15, -0.1) is 0 Å². The van der Waals surface area contributed by atoms with Crippen LogP contribution in [0.3, 0.4) is 0 Å². The maximum absolute atomic E-state index is 9.13. The predicted molar refractivity (Wildman–Crippen MR) is 38.3 cm³/mol. The first-order chi connectivity index (χ1) is 4.21. The van der Waals surface area contributed by atoms with Gasteiger partial charge in [0.15, 0.2) is 0 Å². The topological polar surface area (TPSA) is 20.2 Å². The van der Waals surface area contributed by atoms with Crippen molar-refractivity contribution in [3.05, 3.63) is 12.3 Å². The van der Waals surface area contributed by atoms with E-state index in [2.05, 4.69) is 13.5 Å². The van der Waals surface area contributed by atoms with Gasteiger partial charge in [0.1, 0.15) is 0 Å². The van der Waals surface area contributed by atoms with Crippen LogP contribution in [0, 0.1) is 5.41 Å². The Morgan fingerprint density at radius 2 is 2.22 bits per heavy atom. The van der Waals surface area contributed by atoms with Crippen molar-refractivity contribution in [2.75, 3.05) is 0 Å². The van der Waals surface area contributed by atoms with Gasteiger partial charge >= 0.3 is 0 Å². The standard InChI is InChI=1S/C8H14O/c1-3-8(7(2)9)5-4-6-8/h9H,2-6H2,1H3. The summed E-state index contributed by atoms with van der Waals surface area (Å²) in [6.45, 7) is 5.69. The molecule has 0 bridgehead atoms. The maximum atomic E-state index is 9.13. The van der Waals surface area contributed by atoms with Gasteiger partial charge in [-0.05, 0) is 19.3 Å². The van der Waals surface area contributed by atoms with E-state index >= 15 is 0 Å². The fraction of sp³-hybridized carbons (Fsp3) is 0.750. The molecule has 1 heteroatoms. The van der Waals surface area contributed by atoms with Gasteiger partial charge in [0.2, 0.25) is 0 Å². The lowest BCUT2D eigenvalue weighted by atomic mass is 9.66. The Morgan fingerprint density at radius 3 is 2.22 bits per heavy atom. The highest BCUT2D eigenvalue weighted by Crippen LogP contribution is 2.47. The molecule has 0 aromatic heterocycles. The van der Waals surface area contributed by atoms with Crippen LogP contribution in [0.4, 0.5) is 0 Å². The second-order valence-corrected chi connectivity index (χ2v) is 2.93. The number of hydrogen-bond donors (Lipinski definition) is 1. The fourth-order valence-electron chi connectivity index (χ4n) is 1.45. The molecule has 0 unspecified atom stereocenters. The van der Waals surface area contributed by atoms with Crippen LogP contribution < -0.4 is 0 Å². The summed E-state index contributed by atoms with van der Waals surface area (Å²) >= 11 is 0. The van der Waals surface area contributed by atoms with Gasteiger partial charge in [0.25, 0.3) is 0 Å². The molecule has 1 N–H and O–H groups in total. The van der Waals surface area contributed by atoms with Crippen molar-refractivity contribution >= 4 is 0 Å². The second-order valence-electron chi connectivity index (χ2n) is 2.93. The van der Waals surface area contributed by atoms with Crippen molar-refractivity contribution in [3.63, 3.8) is 0 Å². The van der Waals surface area contributed by atoms with E-state index in [1.54, 1.807) is 0 Å². The van der Waals surface area contributed by atoms with E-state index < -0.39 is 0 Å². The molecule has 0 spiro atoms. The summed E-state index contributed by atoms with van der Waals surface area (Å²) in [4.78, 5) is 0. The normalized spacial score (nSPS) is 22.8. The van der Waals surface area contributed by atoms with Crippen molar-refractivity contribution in [3.8, 4) is 0 Å². The first-order valence-corrected chi connectivity index (χ1v) is 3.59. The van der Waals surface area contributed by atoms with E-state index in [0.29, 0.717) is 5.76 Å². The van der Waals surface area contributed by atoms with Crippen LogP contribution in [-0.2, 0) is 0 Å². The highest BCUT2D eigenvalue weighted by molar-refractivity contribution is 5.06. The zero-order valence-electron chi connectivity index (χ0n) is 5.98. The molecule has 52 valence electrons. The van der Waals surface area contributed by atoms with E-state index in [1.807, 2.05) is 0 Å². The molecule has 1 aliphatic carbocycles. The lowest BCUT2D eigenvalue weighted by molar-refractivity contribution is 0.109. The third kappa shape index (κ3) is 0.846. The van der Waals surface area contributed by atoms with Crippen LogP contribution >= 0.6 is 0 Å². The van der Waals surface area contributed by atoms with Crippen LogP contribution in [0.25, 0.3) is 0 Å². The van der Waals surface area contributed by atoms with Crippen molar-refractivity contribution in [2.45, 2.75) is 32.6 Å². The van der Waals surface area contributed by atoms with E-state index in [1.165, 1.54) is 6.42 Å². The molecule has 0 aliphatic heterocycles. The molecule has 1 aliphatic rings. The molecule has 0 atom stereocenters. The largest absolute Gasteiger partial charge is 0.512 e. The Labute approximate surface area is 56.4 Å². The summed E-state index contributed by atoms with van der Waals surface area (Å²) in [6.07, 6.45) is 4.58. The third-order valence-corrected chi connectivity index (χ3v) is 2.60. The molecular weight excluding hydrogens is 112 g/mol. The zero-order chi connectivity index (χ0) is 6.91. The second kappa shape index (κ2) is 2.05. The highest BCUT2D eigenvalue weighted by Gasteiger charge is 2.37. The number of aliphatic hydroxyl groups is 1. The van der Waals surface area contributed by atoms with Crippen molar-refractivity contribution < 1.29 is 5.11 Å². The number of allylic oxidation sites excluding steroid dienone is 1. The van der Waals surface area contributed by atoms with Gasteiger partial charge in [0.05, 0.1) is 5.76 Å². The van der Waals surface area contributed by atoms with E-state index in [-0.39, 0.29) is 5.41 Å². The molecule has 0 amide bonds. The average Bonchev–Trinajstić information content (AvgIpc) is 1.62. The SMILES string of the molecule is C=C(O)C1(CC)CCC1. The Balaban J connectivity index is 2.57. The lowest BCUT2D eigenvalue weighted by Gasteiger charge is -2.40. The van der Waals surface area contributed by atoms with Crippen molar-refractivity contribution in [1.82, 2.24) is 0 Å². The molecule has 0 aromatic carbocycles. The van der Waals surface area contributed by atoms with Gasteiger partial charge in [0, 0.05) is 5.41 Å². The van der Waals surface area contributed by atoms with Crippen molar-refractivity contribution in [2.24, 2.45) is 5.41 Å². The monoisotopic (exact) mass is 126 g/mol. The Kier molecular flexibility index (Phi) is 1.52. The molecule has 0 saturated heterocycles. The summed E-state index contributed by atoms with van der Waals surface area (Å²) in [5.74, 6) is 0.399. The number of rotatable bonds is 2. The quantitative estimate of drug-likeness (QED) is 0.564. The van der Waals surface area contributed by atoms with Gasteiger partial charge in [-0.1, -0.05) is 19.9 Å². The number of aliphatic hydroxyl groups excluding tert-OH is 1. The van der Waals surface area contributed by atoms with E-state index in [0.717, 1.165) is 19.3 Å². The first kappa shape index (κ1) is 6.66. The van der Waals surface area contributed by atoms with Crippen LogP contribution in [0.5, 0.6) is 0 Å². The van der Waals surface area contributed by atoms with Gasteiger partial charge in [-0.3, -0.25) is 0 Å². The fourth-order valence-corrected chi connectivity index (χ4v) is 1.45.